The summed E-state index contributed by atoms with van der Waals surface area (Å²) in [5, 5.41) is 29.6. The van der Waals surface area contributed by atoms with Crippen molar-refractivity contribution in [2.45, 2.75) is 64.2 Å². The van der Waals surface area contributed by atoms with E-state index in [-0.39, 0.29) is 31.0 Å². The number of aromatic nitrogens is 5. The fourth-order valence-corrected chi connectivity index (χ4v) is 4.09. The van der Waals surface area contributed by atoms with Gasteiger partial charge in [0.1, 0.15) is 23.9 Å². The minimum atomic E-state index is -1.50. The van der Waals surface area contributed by atoms with Crippen molar-refractivity contribution in [3.8, 4) is 0 Å². The van der Waals surface area contributed by atoms with Gasteiger partial charge in [0.25, 0.3) is 5.91 Å². The number of hydrogen-bond acceptors (Lipinski definition) is 10. The molecule has 0 fully saturated rings. The first-order valence-corrected chi connectivity index (χ1v) is 12.3. The molecule has 1 aliphatic rings. The van der Waals surface area contributed by atoms with E-state index in [1.165, 1.54) is 6.20 Å². The van der Waals surface area contributed by atoms with Gasteiger partial charge in [-0.2, -0.15) is 5.21 Å². The van der Waals surface area contributed by atoms with E-state index in [0.717, 1.165) is 4.90 Å². The minimum absolute atomic E-state index is 0.0727. The molecule has 3 atom stereocenters. The van der Waals surface area contributed by atoms with Crippen LogP contribution in [0.2, 0.25) is 0 Å². The Kier molecular flexibility index (Phi) is 9.77. The number of anilines is 1. The summed E-state index contributed by atoms with van der Waals surface area (Å²) in [5.74, 6) is -5.00. The second kappa shape index (κ2) is 13.2. The van der Waals surface area contributed by atoms with Gasteiger partial charge in [0.15, 0.2) is 5.82 Å². The van der Waals surface area contributed by atoms with E-state index >= 15 is 0 Å². The standard InChI is InChI=1S/C23H30N10O7/c1-11(2)19(28-17(35)5-6-18(36)37)22(39)27-13(9-15(24)34)23(40)33-14(8-12-4-3-7-25-20(12)33)21(38)26-10-16-29-31-32-30-16/h3-4,7,11,13-14,19H,5-6,8-10H2,1-2H3,(H2,24,34)(H,26,38)(H,27,39)(H,28,35)(H,36,37)(H,29,30,31,32)/t13?,14-,19?/m0/s1. The molecule has 0 spiro atoms. The van der Waals surface area contributed by atoms with Crippen LogP contribution in [-0.2, 0) is 41.7 Å². The maximum Gasteiger partial charge on any atom is 0.303 e. The van der Waals surface area contributed by atoms with Gasteiger partial charge in [0.05, 0.1) is 19.4 Å². The number of pyridine rings is 1. The van der Waals surface area contributed by atoms with Gasteiger partial charge < -0.3 is 26.8 Å². The maximum absolute atomic E-state index is 13.8. The first-order valence-electron chi connectivity index (χ1n) is 12.3. The van der Waals surface area contributed by atoms with Crippen LogP contribution in [0, 0.1) is 5.92 Å². The number of amides is 5. The van der Waals surface area contributed by atoms with Gasteiger partial charge in [-0.15, -0.1) is 10.2 Å². The Morgan fingerprint density at radius 3 is 2.55 bits per heavy atom. The van der Waals surface area contributed by atoms with Crippen LogP contribution < -0.4 is 26.6 Å². The van der Waals surface area contributed by atoms with Crippen molar-refractivity contribution in [3.05, 3.63) is 29.7 Å². The SMILES string of the molecule is CC(C)C(NC(=O)CCC(=O)O)C(=O)NC(CC(N)=O)C(=O)N1c2ncccc2C[C@H]1C(=O)NCc1nn[nH]n1. The lowest BCUT2D eigenvalue weighted by Crippen LogP contribution is -2.59. The number of aromatic amines is 1. The highest BCUT2D eigenvalue weighted by atomic mass is 16.4. The quantitative estimate of drug-likeness (QED) is 0.150. The number of aliphatic carboxylic acids is 1. The molecule has 17 heteroatoms. The number of tetrazole rings is 1. The molecule has 2 unspecified atom stereocenters. The highest BCUT2D eigenvalue weighted by molar-refractivity contribution is 6.07. The lowest BCUT2D eigenvalue weighted by atomic mass is 10.0. The number of nitrogens with two attached hydrogens (primary N) is 1. The van der Waals surface area contributed by atoms with E-state index in [4.69, 9.17) is 10.8 Å². The molecule has 0 saturated carbocycles. The van der Waals surface area contributed by atoms with Crippen LogP contribution in [0.1, 0.15) is 44.5 Å². The summed E-state index contributed by atoms with van der Waals surface area (Å²) in [4.78, 5) is 80.3. The molecule has 5 amide bonds. The summed E-state index contributed by atoms with van der Waals surface area (Å²) in [6.45, 7) is 3.20. The zero-order chi connectivity index (χ0) is 29.4. The first kappa shape index (κ1) is 29.6. The van der Waals surface area contributed by atoms with Gasteiger partial charge in [0, 0.05) is 19.0 Å². The molecule has 0 radical (unpaired) electrons. The van der Waals surface area contributed by atoms with Gasteiger partial charge in [0.2, 0.25) is 23.6 Å². The van der Waals surface area contributed by atoms with Crippen LogP contribution >= 0.6 is 0 Å². The third-order valence-electron chi connectivity index (χ3n) is 6.02. The zero-order valence-corrected chi connectivity index (χ0v) is 21.8. The van der Waals surface area contributed by atoms with Crippen molar-refractivity contribution in [1.82, 2.24) is 41.6 Å². The van der Waals surface area contributed by atoms with Crippen LogP contribution in [-0.4, -0.2) is 84.3 Å². The topological polar surface area (TPSA) is 255 Å². The highest BCUT2D eigenvalue weighted by Gasteiger charge is 2.43. The number of fused-ring (bicyclic) bond motifs is 1. The second-order valence-corrected chi connectivity index (χ2v) is 9.37. The monoisotopic (exact) mass is 558 g/mol. The average Bonchev–Trinajstić information content (AvgIpc) is 3.56. The van der Waals surface area contributed by atoms with Crippen LogP contribution in [0.15, 0.2) is 18.3 Å². The molecule has 0 aliphatic carbocycles. The highest BCUT2D eigenvalue weighted by Crippen LogP contribution is 2.31. The number of carbonyl (C=O) groups excluding carboxylic acids is 5. The molecule has 0 bridgehead atoms. The molecular formula is C23H30N10O7. The number of nitrogens with one attached hydrogen (secondary N) is 4. The fourth-order valence-electron chi connectivity index (χ4n) is 4.09. The number of rotatable bonds is 13. The molecule has 17 nitrogen and oxygen atoms in total. The summed E-state index contributed by atoms with van der Waals surface area (Å²) < 4.78 is 0. The fraction of sp³-hybridized carbons (Fsp3) is 0.478. The normalized spacial score (nSPS) is 15.6. The van der Waals surface area contributed by atoms with Crippen LogP contribution in [0.4, 0.5) is 5.82 Å². The number of carbonyl (C=O) groups is 6. The Balaban J connectivity index is 1.82. The average molecular weight is 559 g/mol. The summed E-state index contributed by atoms with van der Waals surface area (Å²) in [5.41, 5.74) is 5.97. The molecule has 2 aromatic rings. The van der Waals surface area contributed by atoms with E-state index in [9.17, 15) is 28.8 Å². The number of nitrogens with zero attached hydrogens (tertiary/aromatic N) is 5. The van der Waals surface area contributed by atoms with Crippen molar-refractivity contribution in [2.75, 3.05) is 4.90 Å². The molecule has 3 heterocycles. The maximum atomic E-state index is 13.8. The summed E-state index contributed by atoms with van der Waals surface area (Å²) in [6.07, 6.45) is 0.156. The summed E-state index contributed by atoms with van der Waals surface area (Å²) in [7, 11) is 0. The molecule has 0 saturated heterocycles. The number of H-pyrrole nitrogens is 1. The van der Waals surface area contributed by atoms with Crippen molar-refractivity contribution >= 4 is 41.3 Å². The van der Waals surface area contributed by atoms with Gasteiger partial charge in [-0.25, -0.2) is 4.98 Å². The largest absolute Gasteiger partial charge is 0.481 e. The molecular weight excluding hydrogens is 528 g/mol. The van der Waals surface area contributed by atoms with Gasteiger partial charge in [-0.3, -0.25) is 33.7 Å². The lowest BCUT2D eigenvalue weighted by Gasteiger charge is -2.30. The molecule has 1 aliphatic heterocycles. The lowest BCUT2D eigenvalue weighted by molar-refractivity contribution is -0.139. The van der Waals surface area contributed by atoms with E-state index in [0.29, 0.717) is 5.56 Å². The Labute approximate surface area is 227 Å². The van der Waals surface area contributed by atoms with Crippen molar-refractivity contribution in [2.24, 2.45) is 11.7 Å². The summed E-state index contributed by atoms with van der Waals surface area (Å²) in [6, 6.07) is -0.388. The Bertz CT molecular complexity index is 1270. The van der Waals surface area contributed by atoms with Crippen molar-refractivity contribution in [1.29, 1.82) is 0 Å². The molecule has 7 N–H and O–H groups in total. The third-order valence-corrected chi connectivity index (χ3v) is 6.02. The van der Waals surface area contributed by atoms with Crippen LogP contribution in [0.3, 0.4) is 0 Å². The predicted octanol–water partition coefficient (Wildman–Crippen LogP) is -2.47. The van der Waals surface area contributed by atoms with E-state index < -0.39 is 72.4 Å². The van der Waals surface area contributed by atoms with Crippen molar-refractivity contribution in [3.63, 3.8) is 0 Å². The van der Waals surface area contributed by atoms with E-state index in [1.807, 2.05) is 0 Å². The number of hydrogen-bond donors (Lipinski definition) is 6. The van der Waals surface area contributed by atoms with E-state index in [1.54, 1.807) is 26.0 Å². The predicted molar refractivity (Wildman–Crippen MR) is 135 cm³/mol. The smallest absolute Gasteiger partial charge is 0.303 e. The third kappa shape index (κ3) is 7.55. The van der Waals surface area contributed by atoms with E-state index in [2.05, 4.69) is 41.6 Å². The van der Waals surface area contributed by atoms with Gasteiger partial charge in [-0.1, -0.05) is 25.1 Å². The second-order valence-electron chi connectivity index (χ2n) is 9.37. The minimum Gasteiger partial charge on any atom is -0.481 e. The zero-order valence-electron chi connectivity index (χ0n) is 21.8. The van der Waals surface area contributed by atoms with Gasteiger partial charge in [-0.05, 0) is 17.5 Å². The molecule has 0 aromatic carbocycles. The Hall–Kier alpha value is -4.96. The Morgan fingerprint density at radius 2 is 1.93 bits per heavy atom. The number of primary amides is 1. The van der Waals surface area contributed by atoms with Crippen LogP contribution in [0.25, 0.3) is 0 Å². The number of carboxylic acid groups (broad SMARTS) is 1. The first-order chi connectivity index (χ1) is 19.0. The number of carboxylic acids is 1. The molecule has 214 valence electrons. The van der Waals surface area contributed by atoms with Crippen LogP contribution in [0.5, 0.6) is 0 Å². The Morgan fingerprint density at radius 1 is 1.18 bits per heavy atom. The van der Waals surface area contributed by atoms with Gasteiger partial charge >= 0.3 is 5.97 Å². The summed E-state index contributed by atoms with van der Waals surface area (Å²) >= 11 is 0. The molecule has 2 aromatic heterocycles. The molecule has 3 rings (SSSR count). The molecule has 40 heavy (non-hydrogen) atoms. The van der Waals surface area contributed by atoms with Crippen molar-refractivity contribution < 1.29 is 33.9 Å².